The van der Waals surface area contributed by atoms with E-state index < -0.39 is 10.8 Å². The Hall–Kier alpha value is -0.670. The van der Waals surface area contributed by atoms with Crippen molar-refractivity contribution >= 4 is 10.8 Å². The van der Waals surface area contributed by atoms with E-state index in [1.54, 1.807) is 0 Å². The molecule has 0 saturated carbocycles. The summed E-state index contributed by atoms with van der Waals surface area (Å²) in [6.45, 7) is 8.21. The molecule has 4 atom stereocenters. The van der Waals surface area contributed by atoms with Gasteiger partial charge in [-0.05, 0) is 30.9 Å². The van der Waals surface area contributed by atoms with E-state index in [1.807, 2.05) is 13.8 Å². The fraction of sp³-hybridized carbons (Fsp3) is 0.538. The molecule has 0 bridgehead atoms. The molecule has 0 aliphatic carbocycles. The van der Waals surface area contributed by atoms with Crippen LogP contribution in [0.4, 0.5) is 0 Å². The minimum absolute atomic E-state index is 0.0151. The highest BCUT2D eigenvalue weighted by molar-refractivity contribution is 7.85. The third-order valence-electron chi connectivity index (χ3n) is 3.65. The highest BCUT2D eigenvalue weighted by Gasteiger charge is 2.35. The van der Waals surface area contributed by atoms with Crippen LogP contribution in [0.25, 0.3) is 0 Å². The molecule has 3 heteroatoms. The van der Waals surface area contributed by atoms with Crippen molar-refractivity contribution in [2.75, 3.05) is 0 Å². The smallest absolute Gasteiger partial charge is 0.0567 e. The number of nitrogens with two attached hydrogens (primary N) is 1. The molecule has 0 aromatic heterocycles. The maximum absolute atomic E-state index is 12.4. The molecule has 1 aromatic carbocycles. The molecule has 1 heterocycles. The zero-order valence-corrected chi connectivity index (χ0v) is 11.1. The van der Waals surface area contributed by atoms with E-state index in [0.717, 1.165) is 16.0 Å². The Morgan fingerprint density at radius 1 is 1.25 bits per heavy atom. The molecule has 0 radical (unpaired) electrons. The quantitative estimate of drug-likeness (QED) is 0.753. The summed E-state index contributed by atoms with van der Waals surface area (Å²) >= 11 is 0. The van der Waals surface area contributed by atoms with Gasteiger partial charge in [0.05, 0.1) is 10.8 Å². The predicted octanol–water partition coefficient (Wildman–Crippen LogP) is 2.45. The van der Waals surface area contributed by atoms with Gasteiger partial charge in [0.2, 0.25) is 0 Å². The second-order valence-electron chi connectivity index (χ2n) is 4.89. The number of fused-ring (bicyclic) bond motifs is 1. The van der Waals surface area contributed by atoms with Crippen LogP contribution < -0.4 is 5.73 Å². The summed E-state index contributed by atoms with van der Waals surface area (Å²) in [5.74, 6) is 0.273. The van der Waals surface area contributed by atoms with Gasteiger partial charge in [0.25, 0.3) is 0 Å². The van der Waals surface area contributed by atoms with Gasteiger partial charge >= 0.3 is 0 Å². The Morgan fingerprint density at radius 3 is 2.50 bits per heavy atom. The molecule has 2 N–H and O–H groups in total. The first-order valence-electron chi connectivity index (χ1n) is 5.70. The molecule has 4 unspecified atom stereocenters. The van der Waals surface area contributed by atoms with Crippen molar-refractivity contribution in [1.29, 1.82) is 0 Å². The van der Waals surface area contributed by atoms with Gasteiger partial charge < -0.3 is 5.73 Å². The largest absolute Gasteiger partial charge is 0.324 e. The highest BCUT2D eigenvalue weighted by Crippen LogP contribution is 2.38. The summed E-state index contributed by atoms with van der Waals surface area (Å²) in [6, 6.07) is 4.20. The van der Waals surface area contributed by atoms with Crippen LogP contribution in [-0.4, -0.2) is 9.46 Å². The summed E-state index contributed by atoms with van der Waals surface area (Å²) in [7, 11) is -0.911. The lowest BCUT2D eigenvalue weighted by atomic mass is 9.90. The fourth-order valence-corrected chi connectivity index (χ4v) is 4.20. The lowest BCUT2D eigenvalue weighted by Crippen LogP contribution is -2.36. The fourth-order valence-electron chi connectivity index (χ4n) is 2.47. The minimum atomic E-state index is -0.911. The first kappa shape index (κ1) is 11.8. The lowest BCUT2D eigenvalue weighted by Gasteiger charge is -2.34. The molecule has 2 nitrogen and oxygen atoms in total. The number of rotatable bonds is 0. The standard InChI is InChI=1S/C13H19NOS/c1-7-5-8(2)13-11(6-7)12(14)9(3)10(4)16(13)15/h5-6,9-10,12H,14H2,1-4H3. The van der Waals surface area contributed by atoms with Crippen molar-refractivity contribution in [3.63, 3.8) is 0 Å². The van der Waals surface area contributed by atoms with Crippen LogP contribution in [0.5, 0.6) is 0 Å². The highest BCUT2D eigenvalue weighted by atomic mass is 32.2. The van der Waals surface area contributed by atoms with Gasteiger partial charge in [0.15, 0.2) is 0 Å². The molecular weight excluding hydrogens is 218 g/mol. The summed E-state index contributed by atoms with van der Waals surface area (Å²) in [5, 5.41) is 0.143. The van der Waals surface area contributed by atoms with E-state index in [-0.39, 0.29) is 17.2 Å². The molecular formula is C13H19NOS. The van der Waals surface area contributed by atoms with Crippen LogP contribution in [-0.2, 0) is 10.8 Å². The zero-order chi connectivity index (χ0) is 12.0. The van der Waals surface area contributed by atoms with Gasteiger partial charge in [-0.2, -0.15) is 0 Å². The first-order valence-corrected chi connectivity index (χ1v) is 6.92. The van der Waals surface area contributed by atoms with Crippen LogP contribution in [0.3, 0.4) is 0 Å². The number of hydrogen-bond donors (Lipinski definition) is 1. The van der Waals surface area contributed by atoms with Crippen LogP contribution in [0.2, 0.25) is 0 Å². The van der Waals surface area contributed by atoms with Crippen molar-refractivity contribution in [3.05, 3.63) is 28.8 Å². The Kier molecular flexibility index (Phi) is 2.93. The van der Waals surface area contributed by atoms with Gasteiger partial charge in [-0.3, -0.25) is 4.21 Å². The van der Waals surface area contributed by atoms with Gasteiger partial charge in [-0.15, -0.1) is 0 Å². The van der Waals surface area contributed by atoms with Crippen LogP contribution in [0.15, 0.2) is 17.0 Å². The third-order valence-corrected chi connectivity index (χ3v) is 5.72. The topological polar surface area (TPSA) is 43.1 Å². The van der Waals surface area contributed by atoms with Crippen molar-refractivity contribution in [1.82, 2.24) is 0 Å². The Labute approximate surface area is 99.7 Å². The number of aryl methyl sites for hydroxylation is 2. The van der Waals surface area contributed by atoms with Gasteiger partial charge in [0, 0.05) is 16.2 Å². The minimum Gasteiger partial charge on any atom is -0.324 e. The van der Waals surface area contributed by atoms with E-state index in [2.05, 4.69) is 26.0 Å². The molecule has 0 spiro atoms. The molecule has 0 saturated heterocycles. The predicted molar refractivity (Wildman–Crippen MR) is 67.9 cm³/mol. The molecule has 2 rings (SSSR count). The summed E-state index contributed by atoms with van der Waals surface area (Å²) in [4.78, 5) is 0.976. The number of hydrogen-bond acceptors (Lipinski definition) is 2. The van der Waals surface area contributed by atoms with E-state index in [0.29, 0.717) is 0 Å². The Bertz CT molecular complexity index is 455. The van der Waals surface area contributed by atoms with E-state index in [4.69, 9.17) is 5.73 Å². The molecule has 0 amide bonds. The molecule has 1 aliphatic heterocycles. The van der Waals surface area contributed by atoms with Crippen LogP contribution in [0, 0.1) is 19.8 Å². The molecule has 0 fully saturated rings. The molecule has 88 valence electrons. The molecule has 1 aliphatic rings. The average molecular weight is 237 g/mol. The normalized spacial score (nSPS) is 33.6. The monoisotopic (exact) mass is 237 g/mol. The Balaban J connectivity index is 2.68. The zero-order valence-electron chi connectivity index (χ0n) is 10.3. The van der Waals surface area contributed by atoms with Gasteiger partial charge in [-0.1, -0.05) is 31.5 Å². The van der Waals surface area contributed by atoms with E-state index >= 15 is 0 Å². The maximum Gasteiger partial charge on any atom is 0.0567 e. The SMILES string of the molecule is Cc1cc(C)c2c(c1)C(N)C(C)C(C)S2=O. The second-order valence-corrected chi connectivity index (χ2v) is 6.63. The summed E-state index contributed by atoms with van der Waals surface area (Å²) in [5.41, 5.74) is 9.64. The van der Waals surface area contributed by atoms with Crippen molar-refractivity contribution < 1.29 is 4.21 Å². The third kappa shape index (κ3) is 1.62. The summed E-state index contributed by atoms with van der Waals surface area (Å²) < 4.78 is 12.4. The van der Waals surface area contributed by atoms with Crippen LogP contribution in [0.1, 0.15) is 36.6 Å². The maximum atomic E-state index is 12.4. The van der Waals surface area contributed by atoms with Gasteiger partial charge in [0.1, 0.15) is 0 Å². The summed E-state index contributed by atoms with van der Waals surface area (Å²) in [6.07, 6.45) is 0. The average Bonchev–Trinajstić information content (AvgIpc) is 2.22. The van der Waals surface area contributed by atoms with Crippen molar-refractivity contribution in [2.45, 2.75) is 43.9 Å². The lowest BCUT2D eigenvalue weighted by molar-refractivity contribution is 0.441. The molecule has 16 heavy (non-hydrogen) atoms. The van der Waals surface area contributed by atoms with E-state index in [9.17, 15) is 4.21 Å². The molecule has 1 aromatic rings. The van der Waals surface area contributed by atoms with E-state index in [1.165, 1.54) is 5.56 Å². The van der Waals surface area contributed by atoms with Crippen molar-refractivity contribution in [2.24, 2.45) is 11.7 Å². The number of benzene rings is 1. The van der Waals surface area contributed by atoms with Crippen molar-refractivity contribution in [3.8, 4) is 0 Å². The Morgan fingerprint density at radius 2 is 1.88 bits per heavy atom. The first-order chi connectivity index (χ1) is 7.43. The van der Waals surface area contributed by atoms with Crippen LogP contribution >= 0.6 is 0 Å². The second kappa shape index (κ2) is 3.97. The van der Waals surface area contributed by atoms with Gasteiger partial charge in [-0.25, -0.2) is 0 Å².